The van der Waals surface area contributed by atoms with Crippen LogP contribution in [0.1, 0.15) is 136 Å². The molecule has 0 aromatic rings. The van der Waals surface area contributed by atoms with Crippen molar-refractivity contribution in [2.45, 2.75) is 160 Å². The van der Waals surface area contributed by atoms with Crippen molar-refractivity contribution < 1.29 is 57.4 Å². The molecule has 0 amide bonds. The van der Waals surface area contributed by atoms with Gasteiger partial charge in [-0.25, -0.2) is 0 Å². The smallest absolute Gasteiger partial charge is 0.306 e. The van der Waals surface area contributed by atoms with Gasteiger partial charge < -0.3 is 43.2 Å². The second-order valence-electron chi connectivity index (χ2n) is 16.0. The van der Waals surface area contributed by atoms with Crippen molar-refractivity contribution in [2.75, 3.05) is 47.5 Å². The SMILES string of the molecule is CCCC/C=C\CCCCCCCC(=O)O[C@H](COC(=O)CCC/C=C/C[C@@H]1[C@@H](/C=C/[C@@H](O)CCCCC)[C@H](O)C[C@@H]1O)COP(=O)([O-])OCC[N+](C)(C)C. The zero-order chi connectivity index (χ0) is 41.0. The van der Waals surface area contributed by atoms with Crippen LogP contribution < -0.4 is 4.89 Å². The van der Waals surface area contributed by atoms with E-state index in [9.17, 15) is 34.4 Å². The van der Waals surface area contributed by atoms with E-state index < -0.39 is 50.8 Å². The van der Waals surface area contributed by atoms with Gasteiger partial charge in [0, 0.05) is 25.2 Å². The maximum atomic E-state index is 12.6. The first-order valence-electron chi connectivity index (χ1n) is 21.0. The molecule has 0 radical (unpaired) electrons. The molecule has 0 aliphatic heterocycles. The third-order valence-corrected chi connectivity index (χ3v) is 10.7. The molecule has 0 spiro atoms. The third-order valence-electron chi connectivity index (χ3n) is 9.70. The minimum absolute atomic E-state index is 0.0720. The largest absolute Gasteiger partial charge is 0.756 e. The fourth-order valence-corrected chi connectivity index (χ4v) is 7.00. The Bertz CT molecular complexity index is 1150. The van der Waals surface area contributed by atoms with Crippen molar-refractivity contribution in [1.82, 2.24) is 0 Å². The molecule has 13 heteroatoms. The highest BCUT2D eigenvalue weighted by Gasteiger charge is 2.39. The summed E-state index contributed by atoms with van der Waals surface area (Å²) in [6, 6.07) is 0. The minimum Gasteiger partial charge on any atom is -0.756 e. The van der Waals surface area contributed by atoms with E-state index in [2.05, 4.69) is 26.0 Å². The summed E-state index contributed by atoms with van der Waals surface area (Å²) in [5, 5.41) is 31.3. The maximum absolute atomic E-state index is 12.6. The molecule has 7 atom stereocenters. The monoisotopic (exact) mass is 802 g/mol. The van der Waals surface area contributed by atoms with Gasteiger partial charge in [0.25, 0.3) is 7.82 Å². The third kappa shape index (κ3) is 27.4. The molecule has 1 fully saturated rings. The fraction of sp³-hybridized carbons (Fsp3) is 0.810. The Morgan fingerprint density at radius 1 is 0.800 bits per heavy atom. The van der Waals surface area contributed by atoms with Gasteiger partial charge in [-0.05, 0) is 57.3 Å². The summed E-state index contributed by atoms with van der Waals surface area (Å²) in [7, 11) is 1.02. The van der Waals surface area contributed by atoms with E-state index >= 15 is 0 Å². The Hall–Kier alpha value is -1.89. The number of nitrogens with zero attached hydrogens (tertiary/aromatic N) is 1. The van der Waals surface area contributed by atoms with Gasteiger partial charge in [0.15, 0.2) is 6.10 Å². The van der Waals surface area contributed by atoms with Crippen LogP contribution in [0.15, 0.2) is 36.5 Å². The van der Waals surface area contributed by atoms with Gasteiger partial charge in [-0.3, -0.25) is 14.2 Å². The number of hydrogen-bond acceptors (Lipinski definition) is 11. The molecule has 0 aromatic carbocycles. The van der Waals surface area contributed by atoms with E-state index in [1.54, 1.807) is 6.08 Å². The number of quaternary nitrogens is 1. The number of phosphoric ester groups is 1. The predicted molar refractivity (Wildman–Crippen MR) is 215 cm³/mol. The predicted octanol–water partition coefficient (Wildman–Crippen LogP) is 7.10. The Labute approximate surface area is 332 Å². The molecule has 320 valence electrons. The van der Waals surface area contributed by atoms with Gasteiger partial charge in [-0.15, -0.1) is 0 Å². The molecule has 0 aromatic heterocycles. The first kappa shape index (κ1) is 51.1. The van der Waals surface area contributed by atoms with Crippen LogP contribution in [0.25, 0.3) is 0 Å². The van der Waals surface area contributed by atoms with Crippen LogP contribution in [0.4, 0.5) is 0 Å². The maximum Gasteiger partial charge on any atom is 0.306 e. The number of likely N-dealkylation sites (N-methyl/N-ethyl adjacent to an activating group) is 1. The lowest BCUT2D eigenvalue weighted by molar-refractivity contribution is -0.870. The average molecular weight is 802 g/mol. The second-order valence-corrected chi connectivity index (χ2v) is 17.4. The van der Waals surface area contributed by atoms with E-state index in [1.807, 2.05) is 39.4 Å². The molecule has 1 rings (SSSR count). The summed E-state index contributed by atoms with van der Waals surface area (Å²) in [5.74, 6) is -1.45. The van der Waals surface area contributed by atoms with Gasteiger partial charge in [-0.1, -0.05) is 102 Å². The first-order chi connectivity index (χ1) is 26.2. The highest BCUT2D eigenvalue weighted by Crippen LogP contribution is 2.38. The molecule has 1 aliphatic rings. The standard InChI is InChI=1S/C42H76NO11P/c1-6-8-10-11-12-13-14-15-16-17-23-27-42(48)54-36(34-53-55(49,50)52-31-30-43(3,4)5)33-51-41(47)26-22-19-18-21-25-37-38(40(46)32-39(37)45)29-28-35(44)24-20-9-7-2/h11-12,18,21,28-29,35-40,44-46H,6-10,13-17,19-20,22-27,30-34H2,1-5H3/b12-11-,21-18+,29-28+/t35-,36+,37+,38+,39-,40+/m0/s1. The number of aliphatic hydroxyl groups is 3. The Balaban J connectivity index is 2.55. The molecule has 55 heavy (non-hydrogen) atoms. The Morgan fingerprint density at radius 2 is 1.44 bits per heavy atom. The molecule has 3 N–H and O–H groups in total. The van der Waals surface area contributed by atoms with Crippen LogP contribution >= 0.6 is 7.82 Å². The number of phosphoric acid groups is 1. The van der Waals surface area contributed by atoms with E-state index in [-0.39, 0.29) is 37.9 Å². The van der Waals surface area contributed by atoms with Crippen LogP contribution in [0.5, 0.6) is 0 Å². The van der Waals surface area contributed by atoms with Gasteiger partial charge in [0.05, 0.1) is 46.1 Å². The quantitative estimate of drug-likeness (QED) is 0.0203. The molecule has 0 heterocycles. The van der Waals surface area contributed by atoms with Crippen LogP contribution in [0, 0.1) is 11.8 Å². The van der Waals surface area contributed by atoms with E-state index in [0.717, 1.165) is 57.8 Å². The van der Waals surface area contributed by atoms with Crippen LogP contribution in [0.2, 0.25) is 0 Å². The Morgan fingerprint density at radius 3 is 2.15 bits per heavy atom. The lowest BCUT2D eigenvalue weighted by Crippen LogP contribution is -2.37. The van der Waals surface area contributed by atoms with Crippen molar-refractivity contribution in [3.63, 3.8) is 0 Å². The summed E-state index contributed by atoms with van der Waals surface area (Å²) in [4.78, 5) is 37.6. The number of hydrogen-bond donors (Lipinski definition) is 3. The van der Waals surface area contributed by atoms with Crippen molar-refractivity contribution in [3.05, 3.63) is 36.5 Å². The normalized spacial score (nSPS) is 21.4. The number of carbonyl (C=O) groups is 2. The number of esters is 2. The zero-order valence-electron chi connectivity index (χ0n) is 34.7. The van der Waals surface area contributed by atoms with Crippen molar-refractivity contribution in [3.8, 4) is 0 Å². The fourth-order valence-electron chi connectivity index (χ4n) is 6.27. The second kappa shape index (κ2) is 30.2. The summed E-state index contributed by atoms with van der Waals surface area (Å²) in [6.07, 6.45) is 24.2. The number of rotatable bonds is 33. The summed E-state index contributed by atoms with van der Waals surface area (Å²) in [5.41, 5.74) is 0. The molecule has 0 saturated heterocycles. The molecule has 1 saturated carbocycles. The van der Waals surface area contributed by atoms with Crippen LogP contribution in [-0.4, -0.2) is 104 Å². The van der Waals surface area contributed by atoms with Crippen molar-refractivity contribution in [1.29, 1.82) is 0 Å². The average Bonchev–Trinajstić information content (AvgIpc) is 3.39. The molecule has 0 bridgehead atoms. The number of unbranched alkanes of at least 4 members (excludes halogenated alkanes) is 10. The first-order valence-corrected chi connectivity index (χ1v) is 22.4. The highest BCUT2D eigenvalue weighted by atomic mass is 31.2. The van der Waals surface area contributed by atoms with E-state index in [0.29, 0.717) is 49.6 Å². The molecular weight excluding hydrogens is 725 g/mol. The summed E-state index contributed by atoms with van der Waals surface area (Å²) < 4.78 is 33.7. The summed E-state index contributed by atoms with van der Waals surface area (Å²) >= 11 is 0. The zero-order valence-corrected chi connectivity index (χ0v) is 35.6. The number of aliphatic hydroxyl groups excluding tert-OH is 3. The van der Waals surface area contributed by atoms with Gasteiger partial charge in [0.1, 0.15) is 19.8 Å². The van der Waals surface area contributed by atoms with Crippen LogP contribution in [-0.2, 0) is 32.7 Å². The topological polar surface area (TPSA) is 172 Å². The van der Waals surface area contributed by atoms with Crippen molar-refractivity contribution >= 4 is 19.8 Å². The molecule has 1 unspecified atom stereocenters. The van der Waals surface area contributed by atoms with Gasteiger partial charge in [0.2, 0.25) is 0 Å². The number of carbonyl (C=O) groups excluding carboxylic acids is 2. The lowest BCUT2D eigenvalue weighted by atomic mass is 9.89. The highest BCUT2D eigenvalue weighted by molar-refractivity contribution is 7.45. The number of allylic oxidation sites excluding steroid dienone is 4. The lowest BCUT2D eigenvalue weighted by Gasteiger charge is -2.28. The molecule has 1 aliphatic carbocycles. The number of ether oxygens (including phenoxy) is 2. The van der Waals surface area contributed by atoms with E-state index in [1.165, 1.54) is 12.8 Å². The Kier molecular flexibility index (Phi) is 28.1. The van der Waals surface area contributed by atoms with E-state index in [4.69, 9.17) is 18.5 Å². The minimum atomic E-state index is -4.68. The van der Waals surface area contributed by atoms with Gasteiger partial charge >= 0.3 is 11.9 Å². The van der Waals surface area contributed by atoms with Crippen molar-refractivity contribution in [2.24, 2.45) is 11.8 Å². The molecular formula is C42H76NO11P. The van der Waals surface area contributed by atoms with Crippen LogP contribution in [0.3, 0.4) is 0 Å². The summed E-state index contributed by atoms with van der Waals surface area (Å²) in [6.45, 7) is 3.77. The molecule has 12 nitrogen and oxygen atoms in total. The van der Waals surface area contributed by atoms with Gasteiger partial charge in [-0.2, -0.15) is 0 Å².